The van der Waals surface area contributed by atoms with E-state index in [-0.39, 0.29) is 37.3 Å². The van der Waals surface area contributed by atoms with Crippen LogP contribution in [0.3, 0.4) is 0 Å². The number of carbonyl (C=O) groups excluding carboxylic acids is 4. The molecule has 1 aromatic carbocycles. The molecule has 316 valence electrons. The lowest BCUT2D eigenvalue weighted by Crippen LogP contribution is -2.59. The first-order valence-corrected chi connectivity index (χ1v) is 22.3. The number of pyridine rings is 1. The molecule has 3 aliphatic carbocycles. The summed E-state index contributed by atoms with van der Waals surface area (Å²) in [5.41, 5.74) is -0.410. The molecular formula is C42H57N5O10S. The van der Waals surface area contributed by atoms with Gasteiger partial charge >= 0.3 is 6.09 Å². The van der Waals surface area contributed by atoms with Gasteiger partial charge in [-0.2, -0.15) is 0 Å². The predicted molar refractivity (Wildman–Crippen MR) is 215 cm³/mol. The van der Waals surface area contributed by atoms with Gasteiger partial charge < -0.3 is 34.5 Å². The van der Waals surface area contributed by atoms with Crippen LogP contribution < -0.4 is 29.6 Å². The molecule has 1 unspecified atom stereocenters. The zero-order valence-electron chi connectivity index (χ0n) is 34.0. The van der Waals surface area contributed by atoms with Crippen LogP contribution in [0.1, 0.15) is 97.0 Å². The minimum Gasteiger partial charge on any atom is -0.496 e. The van der Waals surface area contributed by atoms with Gasteiger partial charge in [0, 0.05) is 29.9 Å². The number of alkyl carbamates (subject to hydrolysis) is 1. The van der Waals surface area contributed by atoms with Crippen molar-refractivity contribution in [1.82, 2.24) is 25.2 Å². The molecule has 1 saturated heterocycles. The van der Waals surface area contributed by atoms with Gasteiger partial charge in [0.15, 0.2) is 0 Å². The van der Waals surface area contributed by atoms with Gasteiger partial charge in [-0.15, -0.1) is 6.58 Å². The van der Waals surface area contributed by atoms with Crippen LogP contribution in [0, 0.1) is 17.3 Å². The van der Waals surface area contributed by atoms with Gasteiger partial charge in [-0.05, 0) is 81.3 Å². The molecule has 0 radical (unpaired) electrons. The largest absolute Gasteiger partial charge is 0.496 e. The third-order valence-corrected chi connectivity index (χ3v) is 14.2. The number of amides is 4. The fourth-order valence-corrected chi connectivity index (χ4v) is 10.2. The number of sulfonamides is 1. The number of cyclic esters (lactones) is 1. The van der Waals surface area contributed by atoms with Crippen LogP contribution in [0.15, 0.2) is 30.9 Å². The first kappa shape index (κ1) is 41.6. The van der Waals surface area contributed by atoms with E-state index in [4.69, 9.17) is 23.9 Å². The molecule has 2 aliphatic heterocycles. The molecule has 1 aromatic heterocycles. The topological polar surface area (TPSA) is 192 Å². The van der Waals surface area contributed by atoms with Gasteiger partial charge in [0.25, 0.3) is 5.91 Å². The summed E-state index contributed by atoms with van der Waals surface area (Å²) in [5.74, 6) is -1.19. The van der Waals surface area contributed by atoms with Crippen molar-refractivity contribution in [2.45, 2.75) is 127 Å². The maximum Gasteiger partial charge on any atom is 0.407 e. The van der Waals surface area contributed by atoms with E-state index in [1.807, 2.05) is 32.9 Å². The number of ether oxygens (including phenoxy) is 4. The number of aromatic nitrogens is 1. The van der Waals surface area contributed by atoms with Gasteiger partial charge in [-0.25, -0.2) is 18.2 Å². The molecule has 7 rings (SSSR count). The molecule has 5 atom stereocenters. The van der Waals surface area contributed by atoms with Gasteiger partial charge in [-0.3, -0.25) is 19.1 Å². The Morgan fingerprint density at radius 2 is 1.86 bits per heavy atom. The average Bonchev–Trinajstić information content (AvgIpc) is 4.12. The van der Waals surface area contributed by atoms with Crippen molar-refractivity contribution in [1.29, 1.82) is 0 Å². The Labute approximate surface area is 340 Å². The number of hydrogen-bond donors (Lipinski definition) is 3. The fraction of sp³-hybridized carbons (Fsp3) is 0.643. The molecule has 3 saturated carbocycles. The molecule has 58 heavy (non-hydrogen) atoms. The van der Waals surface area contributed by atoms with E-state index in [9.17, 15) is 27.6 Å². The Balaban J connectivity index is 1.27. The van der Waals surface area contributed by atoms with Gasteiger partial charge in [-0.1, -0.05) is 39.2 Å². The van der Waals surface area contributed by atoms with Crippen LogP contribution in [0.25, 0.3) is 10.9 Å². The first-order chi connectivity index (χ1) is 27.7. The standard InChI is InChI=1S/C42H57N5O10S/c1-6-27-22-42(27,39(50)46-58(52,53)29-15-16-29)45-37(48)32-19-28-23-47(32)38(49)36(25-12-9-8-10-13-25)44-40(51)56-24-41(3,4)17-11-14-26-18-30-31(20-33(26)54-5)43-35(55-7-2)21-34(30)57-28/h6,18,20-21,25,27-29,32,36H,1,7-17,19,22-24H2,2-5H3,(H,44,51)(H,45,48)(H,46,50)/t27?,28-,32+,36+,42-/m1/s1. The molecular weight excluding hydrogens is 767 g/mol. The highest BCUT2D eigenvalue weighted by Gasteiger charge is 2.62. The van der Waals surface area contributed by atoms with Crippen LogP contribution in [0.5, 0.6) is 17.4 Å². The van der Waals surface area contributed by atoms with E-state index in [1.54, 1.807) is 13.2 Å². The van der Waals surface area contributed by atoms with E-state index in [2.05, 4.69) is 21.9 Å². The molecule has 3 N–H and O–H groups in total. The lowest BCUT2D eigenvalue weighted by atomic mass is 9.83. The number of hydrogen-bond acceptors (Lipinski definition) is 11. The summed E-state index contributed by atoms with van der Waals surface area (Å²) < 4.78 is 52.0. The molecule has 4 bridgehead atoms. The first-order valence-electron chi connectivity index (χ1n) is 20.7. The Hall–Kier alpha value is -4.60. The number of nitrogens with zero attached hydrogens (tertiary/aromatic N) is 2. The molecule has 0 spiro atoms. The number of fused-ring (bicyclic) bond motifs is 3. The highest BCUT2D eigenvalue weighted by molar-refractivity contribution is 7.91. The normalized spacial score (nSPS) is 28.0. The average molecular weight is 824 g/mol. The lowest BCUT2D eigenvalue weighted by molar-refractivity contribution is -0.142. The fourth-order valence-electron chi connectivity index (χ4n) is 8.81. The third-order valence-electron chi connectivity index (χ3n) is 12.4. The number of aryl methyl sites for hydroxylation is 1. The number of benzene rings is 1. The second-order valence-corrected chi connectivity index (χ2v) is 19.3. The van der Waals surface area contributed by atoms with Crippen molar-refractivity contribution in [2.24, 2.45) is 17.3 Å². The summed E-state index contributed by atoms with van der Waals surface area (Å²) in [7, 11) is -2.30. The minimum absolute atomic E-state index is 0.0131. The summed E-state index contributed by atoms with van der Waals surface area (Å²) in [6.07, 6.45) is 7.62. The van der Waals surface area contributed by atoms with Crippen molar-refractivity contribution in [3.8, 4) is 17.4 Å². The van der Waals surface area contributed by atoms with E-state index >= 15 is 0 Å². The summed E-state index contributed by atoms with van der Waals surface area (Å²) in [5, 5.41) is 5.83. The maximum absolute atomic E-state index is 14.9. The second kappa shape index (κ2) is 16.6. The quantitative estimate of drug-likeness (QED) is 0.282. The SMILES string of the molecule is C=CC1C[C@]1(NC(=O)[C@@H]1C[C@@H]2CN1C(=O)[C@H](C1CCCCC1)NC(=O)OCC(C)(C)CCCc1cc3c(cc(OCC)nc3cc1OC)O2)C(=O)NS(=O)(=O)C1CC1. The maximum atomic E-state index is 14.9. The van der Waals surface area contributed by atoms with Crippen LogP contribution in [-0.2, 0) is 35.6 Å². The van der Waals surface area contributed by atoms with Crippen LogP contribution in [-0.4, -0.2) is 98.0 Å². The summed E-state index contributed by atoms with van der Waals surface area (Å²) in [4.78, 5) is 62.8. The number of carbonyl (C=O) groups is 4. The van der Waals surface area contributed by atoms with Crippen molar-refractivity contribution in [2.75, 3.05) is 26.9 Å². The van der Waals surface area contributed by atoms with E-state index in [0.717, 1.165) is 37.7 Å². The third kappa shape index (κ3) is 8.86. The predicted octanol–water partition coefficient (Wildman–Crippen LogP) is 4.70. The summed E-state index contributed by atoms with van der Waals surface area (Å²) in [6, 6.07) is 3.45. The molecule has 4 fully saturated rings. The van der Waals surface area contributed by atoms with E-state index in [0.29, 0.717) is 67.0 Å². The Morgan fingerprint density at radius 1 is 1.10 bits per heavy atom. The van der Waals surface area contributed by atoms with Crippen molar-refractivity contribution >= 4 is 44.7 Å². The smallest absolute Gasteiger partial charge is 0.407 e. The zero-order valence-corrected chi connectivity index (χ0v) is 34.8. The Morgan fingerprint density at radius 3 is 2.53 bits per heavy atom. The molecule has 3 heterocycles. The van der Waals surface area contributed by atoms with E-state index < -0.39 is 68.7 Å². The lowest BCUT2D eigenvalue weighted by Gasteiger charge is -2.35. The Bertz CT molecular complexity index is 2050. The zero-order chi connectivity index (χ0) is 41.4. The number of rotatable bonds is 10. The van der Waals surface area contributed by atoms with Gasteiger partial charge in [0.1, 0.15) is 35.2 Å². The molecule has 15 nitrogen and oxygen atoms in total. The number of methoxy groups -OCH3 is 1. The molecule has 4 amide bonds. The Kier molecular flexibility index (Phi) is 11.9. The number of nitrogens with one attached hydrogen (secondary N) is 3. The highest BCUT2D eigenvalue weighted by atomic mass is 32.2. The summed E-state index contributed by atoms with van der Waals surface area (Å²) >= 11 is 0. The molecule has 16 heteroatoms. The van der Waals surface area contributed by atoms with Gasteiger partial charge in [0.2, 0.25) is 27.7 Å². The van der Waals surface area contributed by atoms with Crippen LogP contribution >= 0.6 is 0 Å². The van der Waals surface area contributed by atoms with Crippen LogP contribution in [0.4, 0.5) is 4.79 Å². The van der Waals surface area contributed by atoms with Crippen LogP contribution in [0.2, 0.25) is 0 Å². The summed E-state index contributed by atoms with van der Waals surface area (Å²) in [6.45, 7) is 10.2. The minimum atomic E-state index is -3.91. The molecule has 2 aromatic rings. The second-order valence-electron chi connectivity index (χ2n) is 17.4. The monoisotopic (exact) mass is 823 g/mol. The van der Waals surface area contributed by atoms with Crippen molar-refractivity contribution in [3.05, 3.63) is 36.4 Å². The molecule has 5 aliphatic rings. The highest BCUT2D eigenvalue weighted by Crippen LogP contribution is 2.46. The van der Waals surface area contributed by atoms with Gasteiger partial charge in [0.05, 0.1) is 37.6 Å². The van der Waals surface area contributed by atoms with E-state index in [1.165, 1.54) is 11.0 Å². The van der Waals surface area contributed by atoms with Crippen molar-refractivity contribution < 1.29 is 46.5 Å². The van der Waals surface area contributed by atoms with Crippen molar-refractivity contribution in [3.63, 3.8) is 0 Å².